The Kier molecular flexibility index (Phi) is 7.06. The number of anilines is 1. The minimum Gasteiger partial charge on any atom is -0.497 e. The van der Waals surface area contributed by atoms with Crippen molar-refractivity contribution in [3.63, 3.8) is 0 Å². The van der Waals surface area contributed by atoms with E-state index in [-0.39, 0.29) is 5.91 Å². The van der Waals surface area contributed by atoms with Crippen LogP contribution in [0, 0.1) is 0 Å². The van der Waals surface area contributed by atoms with Gasteiger partial charge in [0.1, 0.15) is 5.75 Å². The highest BCUT2D eigenvalue weighted by Crippen LogP contribution is 2.23. The first-order chi connectivity index (χ1) is 14.1. The Labute approximate surface area is 175 Å². The van der Waals surface area contributed by atoms with Crippen LogP contribution in [0.5, 0.6) is 5.75 Å². The highest BCUT2D eigenvalue weighted by atomic mass is 32.1. The van der Waals surface area contributed by atoms with E-state index >= 15 is 0 Å². The van der Waals surface area contributed by atoms with E-state index in [1.165, 1.54) is 11.3 Å². The van der Waals surface area contributed by atoms with Crippen LogP contribution in [0.3, 0.4) is 0 Å². The Morgan fingerprint density at radius 1 is 1.10 bits per heavy atom. The minimum atomic E-state index is -0.249. The van der Waals surface area contributed by atoms with E-state index in [1.54, 1.807) is 14.2 Å². The number of aromatic nitrogens is 1. The molecule has 3 rings (SSSR count). The molecule has 1 heterocycles. The van der Waals surface area contributed by atoms with Crippen molar-refractivity contribution >= 4 is 33.1 Å². The molecule has 0 spiro atoms. The molecule has 7 heteroatoms. The van der Waals surface area contributed by atoms with Gasteiger partial charge in [-0.15, -0.1) is 0 Å². The summed E-state index contributed by atoms with van der Waals surface area (Å²) >= 11 is 1.47. The Bertz CT molecular complexity index is 1030. The molecule has 0 saturated carbocycles. The van der Waals surface area contributed by atoms with Crippen molar-refractivity contribution in [1.29, 1.82) is 0 Å². The smallest absolute Gasteiger partial charge is 0.279 e. The maximum absolute atomic E-state index is 12.8. The third-order valence-electron chi connectivity index (χ3n) is 4.85. The van der Waals surface area contributed by atoms with Gasteiger partial charge in [-0.3, -0.25) is 4.79 Å². The SMILES string of the molecule is CCN(CC)c1ccc(C(=O)N=c2sc3cc(OC)ccc3n2CCOC)cc1. The van der Waals surface area contributed by atoms with E-state index in [4.69, 9.17) is 9.47 Å². The number of hydrogen-bond donors (Lipinski definition) is 0. The van der Waals surface area contributed by atoms with Crippen LogP contribution in [0.25, 0.3) is 10.2 Å². The summed E-state index contributed by atoms with van der Waals surface area (Å²) in [5.74, 6) is 0.531. The average molecular weight is 414 g/mol. The number of nitrogens with zero attached hydrogens (tertiary/aromatic N) is 3. The van der Waals surface area contributed by atoms with Crippen LogP contribution in [0.15, 0.2) is 47.5 Å². The van der Waals surface area contributed by atoms with Gasteiger partial charge in [0.15, 0.2) is 4.80 Å². The van der Waals surface area contributed by atoms with Gasteiger partial charge >= 0.3 is 0 Å². The fraction of sp³-hybridized carbons (Fsp3) is 0.364. The Morgan fingerprint density at radius 2 is 1.83 bits per heavy atom. The molecule has 0 N–H and O–H groups in total. The molecule has 0 bridgehead atoms. The zero-order chi connectivity index (χ0) is 20.8. The summed E-state index contributed by atoms with van der Waals surface area (Å²) in [4.78, 5) is 20.1. The van der Waals surface area contributed by atoms with Crippen molar-refractivity contribution < 1.29 is 14.3 Å². The molecule has 29 heavy (non-hydrogen) atoms. The molecule has 0 aliphatic heterocycles. The number of carbonyl (C=O) groups is 1. The van der Waals surface area contributed by atoms with Crippen LogP contribution in [0.1, 0.15) is 24.2 Å². The number of hydrogen-bond acceptors (Lipinski definition) is 5. The van der Waals surface area contributed by atoms with Crippen LogP contribution in [-0.4, -0.2) is 44.4 Å². The number of benzene rings is 2. The zero-order valence-corrected chi connectivity index (χ0v) is 18.2. The number of carbonyl (C=O) groups excluding carboxylic acids is 1. The molecule has 154 valence electrons. The fourth-order valence-corrected chi connectivity index (χ4v) is 4.30. The molecule has 0 aliphatic rings. The maximum atomic E-state index is 12.8. The monoisotopic (exact) mass is 413 g/mol. The molecule has 0 fully saturated rings. The Balaban J connectivity index is 1.98. The predicted molar refractivity (Wildman–Crippen MR) is 118 cm³/mol. The van der Waals surface area contributed by atoms with Crippen LogP contribution in [-0.2, 0) is 11.3 Å². The lowest BCUT2D eigenvalue weighted by atomic mass is 10.2. The van der Waals surface area contributed by atoms with Crippen molar-refractivity contribution in [2.45, 2.75) is 20.4 Å². The van der Waals surface area contributed by atoms with Gasteiger partial charge in [-0.2, -0.15) is 4.99 Å². The van der Waals surface area contributed by atoms with Gasteiger partial charge in [0, 0.05) is 38.0 Å². The third kappa shape index (κ3) is 4.68. The lowest BCUT2D eigenvalue weighted by molar-refractivity contribution is 0.0997. The average Bonchev–Trinajstić information content (AvgIpc) is 3.09. The van der Waals surface area contributed by atoms with Crippen LogP contribution in [0.2, 0.25) is 0 Å². The molecule has 1 amide bonds. The molecule has 2 aromatic carbocycles. The van der Waals surface area contributed by atoms with E-state index in [1.807, 2.05) is 47.0 Å². The molecule has 0 radical (unpaired) electrons. The highest BCUT2D eigenvalue weighted by Gasteiger charge is 2.11. The highest BCUT2D eigenvalue weighted by molar-refractivity contribution is 7.16. The Hall–Kier alpha value is -2.64. The molecule has 0 atom stereocenters. The Morgan fingerprint density at radius 3 is 2.45 bits per heavy atom. The summed E-state index contributed by atoms with van der Waals surface area (Å²) in [6.45, 7) is 7.26. The van der Waals surface area contributed by atoms with E-state index < -0.39 is 0 Å². The standard InChI is InChI=1S/C22H27N3O3S/c1-5-24(6-2)17-9-7-16(8-10-17)21(26)23-22-25(13-14-27-3)19-12-11-18(28-4)15-20(19)29-22/h7-12,15H,5-6,13-14H2,1-4H3. The summed E-state index contributed by atoms with van der Waals surface area (Å²) in [7, 11) is 3.31. The quantitative estimate of drug-likeness (QED) is 0.561. The molecule has 3 aromatic rings. The van der Waals surface area contributed by atoms with Crippen LogP contribution >= 0.6 is 11.3 Å². The first-order valence-corrected chi connectivity index (χ1v) is 10.5. The summed E-state index contributed by atoms with van der Waals surface area (Å²) < 4.78 is 13.6. The molecule has 0 aliphatic carbocycles. The molecular weight excluding hydrogens is 386 g/mol. The van der Waals surface area contributed by atoms with E-state index in [0.717, 1.165) is 34.7 Å². The molecule has 0 unspecified atom stereocenters. The van der Waals surface area contributed by atoms with E-state index in [2.05, 4.69) is 23.7 Å². The first-order valence-electron chi connectivity index (χ1n) is 9.71. The number of rotatable bonds is 8. The van der Waals surface area contributed by atoms with Gasteiger partial charge in [0.05, 0.1) is 23.9 Å². The number of fused-ring (bicyclic) bond motifs is 1. The minimum absolute atomic E-state index is 0.249. The molecule has 6 nitrogen and oxygen atoms in total. The van der Waals surface area contributed by atoms with Crippen molar-refractivity contribution in [3.05, 3.63) is 52.8 Å². The molecule has 0 saturated heterocycles. The second kappa shape index (κ2) is 9.71. The van der Waals surface area contributed by atoms with Crippen molar-refractivity contribution in [2.24, 2.45) is 4.99 Å². The summed E-state index contributed by atoms with van der Waals surface area (Å²) in [6.07, 6.45) is 0. The summed E-state index contributed by atoms with van der Waals surface area (Å²) in [5.41, 5.74) is 2.70. The van der Waals surface area contributed by atoms with E-state index in [0.29, 0.717) is 23.5 Å². The number of ether oxygens (including phenoxy) is 2. The summed E-state index contributed by atoms with van der Waals surface area (Å²) in [6, 6.07) is 13.5. The molecular formula is C22H27N3O3S. The van der Waals surface area contributed by atoms with Gasteiger partial charge in [-0.1, -0.05) is 11.3 Å². The topological polar surface area (TPSA) is 56.1 Å². The van der Waals surface area contributed by atoms with Crippen molar-refractivity contribution in [3.8, 4) is 5.75 Å². The number of methoxy groups -OCH3 is 2. The van der Waals surface area contributed by atoms with E-state index in [9.17, 15) is 4.79 Å². The zero-order valence-electron chi connectivity index (χ0n) is 17.3. The van der Waals surface area contributed by atoms with Gasteiger partial charge in [0.2, 0.25) is 0 Å². The first kappa shape index (κ1) is 21.1. The molecule has 1 aromatic heterocycles. The predicted octanol–water partition coefficient (Wildman–Crippen LogP) is 3.95. The number of thiazole rings is 1. The normalized spacial score (nSPS) is 11.8. The van der Waals surface area contributed by atoms with Gasteiger partial charge in [-0.05, 0) is 56.3 Å². The van der Waals surface area contributed by atoms with Gasteiger partial charge < -0.3 is 18.9 Å². The lowest BCUT2D eigenvalue weighted by Gasteiger charge is -2.20. The second-order valence-corrected chi connectivity index (χ2v) is 7.51. The largest absolute Gasteiger partial charge is 0.497 e. The van der Waals surface area contributed by atoms with Crippen molar-refractivity contribution in [1.82, 2.24) is 4.57 Å². The second-order valence-electron chi connectivity index (χ2n) is 6.50. The lowest BCUT2D eigenvalue weighted by Crippen LogP contribution is -2.21. The maximum Gasteiger partial charge on any atom is 0.279 e. The third-order valence-corrected chi connectivity index (χ3v) is 5.89. The van der Waals surface area contributed by atoms with Crippen LogP contribution < -0.4 is 14.4 Å². The van der Waals surface area contributed by atoms with Crippen molar-refractivity contribution in [2.75, 3.05) is 38.8 Å². The summed E-state index contributed by atoms with van der Waals surface area (Å²) in [5, 5.41) is 0. The number of amides is 1. The fourth-order valence-electron chi connectivity index (χ4n) is 3.22. The van der Waals surface area contributed by atoms with Crippen LogP contribution in [0.4, 0.5) is 5.69 Å². The van der Waals surface area contributed by atoms with Gasteiger partial charge in [-0.25, -0.2) is 0 Å². The van der Waals surface area contributed by atoms with Gasteiger partial charge in [0.25, 0.3) is 5.91 Å².